The second-order valence-electron chi connectivity index (χ2n) is 3.36. The molecule has 1 atom stereocenters. The molecule has 0 amide bonds. The highest BCUT2D eigenvalue weighted by molar-refractivity contribution is 5.53. The smallest absolute Gasteiger partial charge is 0.0719 e. The first-order valence-electron chi connectivity index (χ1n) is 5.24. The number of nitrogens with zero attached hydrogens (tertiary/aromatic N) is 1. The van der Waals surface area contributed by atoms with E-state index in [9.17, 15) is 0 Å². The SMILES string of the molecule is CCOC(C)CNc1cncc(NC)c1. The molecule has 0 aliphatic rings. The number of anilines is 2. The topological polar surface area (TPSA) is 46.2 Å². The molecular formula is C11H19N3O. The minimum atomic E-state index is 0.216. The molecule has 0 bridgehead atoms. The zero-order valence-electron chi connectivity index (χ0n) is 9.58. The zero-order valence-corrected chi connectivity index (χ0v) is 9.58. The summed E-state index contributed by atoms with van der Waals surface area (Å²) in [6.07, 6.45) is 3.81. The number of aromatic nitrogens is 1. The number of hydrogen-bond acceptors (Lipinski definition) is 4. The van der Waals surface area contributed by atoms with Crippen molar-refractivity contribution in [2.24, 2.45) is 0 Å². The summed E-state index contributed by atoms with van der Waals surface area (Å²) in [5.74, 6) is 0. The van der Waals surface area contributed by atoms with Crippen molar-refractivity contribution in [1.82, 2.24) is 4.98 Å². The van der Waals surface area contributed by atoms with E-state index in [1.165, 1.54) is 0 Å². The van der Waals surface area contributed by atoms with Gasteiger partial charge in [0, 0.05) is 20.2 Å². The van der Waals surface area contributed by atoms with Gasteiger partial charge in [-0.1, -0.05) is 0 Å². The van der Waals surface area contributed by atoms with E-state index in [1.807, 2.05) is 27.0 Å². The van der Waals surface area contributed by atoms with Gasteiger partial charge in [-0.25, -0.2) is 0 Å². The van der Waals surface area contributed by atoms with Crippen LogP contribution in [0, 0.1) is 0 Å². The normalized spacial score (nSPS) is 12.2. The molecule has 0 saturated heterocycles. The monoisotopic (exact) mass is 209 g/mol. The van der Waals surface area contributed by atoms with Gasteiger partial charge in [0.2, 0.25) is 0 Å². The lowest BCUT2D eigenvalue weighted by Gasteiger charge is -2.13. The molecule has 0 saturated carbocycles. The molecule has 1 aromatic rings. The molecule has 0 aliphatic heterocycles. The Balaban J connectivity index is 2.43. The highest BCUT2D eigenvalue weighted by Crippen LogP contribution is 2.11. The van der Waals surface area contributed by atoms with Crippen molar-refractivity contribution in [3.8, 4) is 0 Å². The fourth-order valence-electron chi connectivity index (χ4n) is 1.28. The van der Waals surface area contributed by atoms with Crippen LogP contribution in [-0.2, 0) is 4.74 Å². The van der Waals surface area contributed by atoms with E-state index < -0.39 is 0 Å². The Bertz CT molecular complexity index is 291. The van der Waals surface area contributed by atoms with Gasteiger partial charge in [0.15, 0.2) is 0 Å². The van der Waals surface area contributed by atoms with Crippen molar-refractivity contribution >= 4 is 11.4 Å². The van der Waals surface area contributed by atoms with Crippen LogP contribution in [0.5, 0.6) is 0 Å². The summed E-state index contributed by atoms with van der Waals surface area (Å²) in [4.78, 5) is 4.11. The van der Waals surface area contributed by atoms with Crippen LogP contribution in [0.2, 0.25) is 0 Å². The van der Waals surface area contributed by atoms with Crippen LogP contribution in [0.25, 0.3) is 0 Å². The van der Waals surface area contributed by atoms with Gasteiger partial charge in [0.1, 0.15) is 0 Å². The number of ether oxygens (including phenoxy) is 1. The van der Waals surface area contributed by atoms with E-state index in [0.717, 1.165) is 24.5 Å². The van der Waals surface area contributed by atoms with Gasteiger partial charge in [-0.15, -0.1) is 0 Å². The highest BCUT2D eigenvalue weighted by atomic mass is 16.5. The number of rotatable bonds is 6. The molecule has 4 nitrogen and oxygen atoms in total. The Morgan fingerprint density at radius 1 is 1.40 bits per heavy atom. The molecule has 2 N–H and O–H groups in total. The predicted octanol–water partition coefficient (Wildman–Crippen LogP) is 1.96. The van der Waals surface area contributed by atoms with Crippen LogP contribution in [0.3, 0.4) is 0 Å². The van der Waals surface area contributed by atoms with Crippen molar-refractivity contribution in [3.05, 3.63) is 18.5 Å². The van der Waals surface area contributed by atoms with Gasteiger partial charge >= 0.3 is 0 Å². The van der Waals surface area contributed by atoms with Crippen molar-refractivity contribution in [1.29, 1.82) is 0 Å². The molecule has 0 aromatic carbocycles. The maximum absolute atomic E-state index is 5.42. The summed E-state index contributed by atoms with van der Waals surface area (Å²) in [6, 6.07) is 2.02. The van der Waals surface area contributed by atoms with Gasteiger partial charge in [0.25, 0.3) is 0 Å². The minimum Gasteiger partial charge on any atom is -0.387 e. The first-order chi connectivity index (χ1) is 7.26. The maximum atomic E-state index is 5.42. The van der Waals surface area contributed by atoms with Crippen LogP contribution < -0.4 is 10.6 Å². The second-order valence-corrected chi connectivity index (χ2v) is 3.36. The van der Waals surface area contributed by atoms with Gasteiger partial charge < -0.3 is 15.4 Å². The first kappa shape index (κ1) is 11.8. The molecule has 1 unspecified atom stereocenters. The molecule has 4 heteroatoms. The Morgan fingerprint density at radius 2 is 2.13 bits per heavy atom. The van der Waals surface area contributed by atoms with Crippen molar-refractivity contribution in [3.63, 3.8) is 0 Å². The van der Waals surface area contributed by atoms with Crippen LogP contribution in [-0.4, -0.2) is 31.3 Å². The number of nitrogens with one attached hydrogen (secondary N) is 2. The molecule has 0 spiro atoms. The summed E-state index contributed by atoms with van der Waals surface area (Å²) >= 11 is 0. The molecular weight excluding hydrogens is 190 g/mol. The summed E-state index contributed by atoms with van der Waals surface area (Å²) in [5, 5.41) is 6.32. The molecule has 0 aliphatic carbocycles. The second kappa shape index (κ2) is 6.24. The largest absolute Gasteiger partial charge is 0.387 e. The third-order valence-corrected chi connectivity index (χ3v) is 2.07. The molecule has 1 aromatic heterocycles. The lowest BCUT2D eigenvalue weighted by atomic mass is 10.3. The van der Waals surface area contributed by atoms with E-state index in [-0.39, 0.29) is 6.10 Å². The molecule has 0 radical (unpaired) electrons. The van der Waals surface area contributed by atoms with Gasteiger partial charge in [0.05, 0.1) is 29.9 Å². The van der Waals surface area contributed by atoms with Crippen LogP contribution in [0.15, 0.2) is 18.5 Å². The van der Waals surface area contributed by atoms with Gasteiger partial charge in [-0.05, 0) is 19.9 Å². The average molecular weight is 209 g/mol. The van der Waals surface area contributed by atoms with Crippen molar-refractivity contribution < 1.29 is 4.74 Å². The Labute approximate surface area is 91.1 Å². The maximum Gasteiger partial charge on any atom is 0.0719 e. The van der Waals surface area contributed by atoms with E-state index in [1.54, 1.807) is 12.4 Å². The van der Waals surface area contributed by atoms with Crippen LogP contribution in [0.1, 0.15) is 13.8 Å². The quantitative estimate of drug-likeness (QED) is 0.752. The minimum absolute atomic E-state index is 0.216. The van der Waals surface area contributed by atoms with Crippen LogP contribution >= 0.6 is 0 Å². The lowest BCUT2D eigenvalue weighted by Crippen LogP contribution is -2.19. The van der Waals surface area contributed by atoms with E-state index in [4.69, 9.17) is 4.74 Å². The summed E-state index contributed by atoms with van der Waals surface area (Å²) < 4.78 is 5.42. The fraction of sp³-hybridized carbons (Fsp3) is 0.545. The molecule has 1 heterocycles. The first-order valence-corrected chi connectivity index (χ1v) is 5.24. The van der Waals surface area contributed by atoms with Crippen molar-refractivity contribution in [2.45, 2.75) is 20.0 Å². The molecule has 1 rings (SSSR count). The molecule has 84 valence electrons. The molecule has 0 fully saturated rings. The average Bonchev–Trinajstić information content (AvgIpc) is 2.27. The zero-order chi connectivity index (χ0) is 11.1. The lowest BCUT2D eigenvalue weighted by molar-refractivity contribution is 0.0855. The predicted molar refractivity (Wildman–Crippen MR) is 63.4 cm³/mol. The third-order valence-electron chi connectivity index (χ3n) is 2.07. The van der Waals surface area contributed by atoms with Crippen molar-refractivity contribution in [2.75, 3.05) is 30.8 Å². The standard InChI is InChI=1S/C11H19N3O/c1-4-15-9(2)6-14-11-5-10(12-3)7-13-8-11/h5,7-9,12,14H,4,6H2,1-3H3. The Kier molecular flexibility index (Phi) is 4.90. The fourth-order valence-corrected chi connectivity index (χ4v) is 1.28. The third kappa shape index (κ3) is 4.16. The Hall–Kier alpha value is -1.29. The number of pyridine rings is 1. The molecule has 15 heavy (non-hydrogen) atoms. The van der Waals surface area contributed by atoms with Gasteiger partial charge in [-0.2, -0.15) is 0 Å². The van der Waals surface area contributed by atoms with Crippen LogP contribution in [0.4, 0.5) is 11.4 Å². The van der Waals surface area contributed by atoms with E-state index in [2.05, 4.69) is 15.6 Å². The summed E-state index contributed by atoms with van der Waals surface area (Å²) in [6.45, 7) is 5.59. The summed E-state index contributed by atoms with van der Waals surface area (Å²) in [5.41, 5.74) is 2.01. The highest BCUT2D eigenvalue weighted by Gasteiger charge is 2.00. The Morgan fingerprint density at radius 3 is 2.80 bits per heavy atom. The number of hydrogen-bond donors (Lipinski definition) is 2. The van der Waals surface area contributed by atoms with E-state index in [0.29, 0.717) is 0 Å². The van der Waals surface area contributed by atoms with E-state index >= 15 is 0 Å². The summed E-state index contributed by atoms with van der Waals surface area (Å²) in [7, 11) is 1.88. The van der Waals surface area contributed by atoms with Gasteiger partial charge in [-0.3, -0.25) is 4.98 Å².